The van der Waals surface area contributed by atoms with Gasteiger partial charge in [0.1, 0.15) is 10.6 Å². The first-order chi connectivity index (χ1) is 13.0. The first-order valence-electron chi connectivity index (χ1n) is 7.46. The summed E-state index contributed by atoms with van der Waals surface area (Å²) in [6.45, 7) is 0.0534. The number of thiophene rings is 1. The predicted molar refractivity (Wildman–Crippen MR) is 100 cm³/mol. The standard InChI is InChI=1S/C15H11BrF2N3O5PS/c16-11-9-4-7(14(23)19-6-8-2-1-3-20-21-8)5-10(22)12(9)28-13(11)15(17,18)27(24,25)26/h1-5,22H,6H2,(H,19,23)(H2,24,25,26). The van der Waals surface area contributed by atoms with Gasteiger partial charge in [0, 0.05) is 21.6 Å². The Hall–Kier alpha value is -1.98. The molecule has 0 unspecified atom stereocenters. The SMILES string of the molecule is O=C(NCc1cccnn1)c1cc(O)c2sc(C(F)(F)P(=O)(O)O)c(Br)c2c1. The van der Waals surface area contributed by atoms with E-state index in [9.17, 15) is 23.2 Å². The lowest BCUT2D eigenvalue weighted by atomic mass is 10.1. The van der Waals surface area contributed by atoms with Gasteiger partial charge in [0.25, 0.3) is 5.91 Å². The number of fused-ring (bicyclic) bond motifs is 1. The molecule has 28 heavy (non-hydrogen) atoms. The molecule has 13 heteroatoms. The maximum Gasteiger partial charge on any atom is 0.400 e. The van der Waals surface area contributed by atoms with Gasteiger partial charge in [0.15, 0.2) is 0 Å². The Morgan fingerprint density at radius 3 is 2.68 bits per heavy atom. The summed E-state index contributed by atoms with van der Waals surface area (Å²) in [5.41, 5.74) is -3.99. The van der Waals surface area contributed by atoms with Crippen LogP contribution in [0.3, 0.4) is 0 Å². The molecular formula is C15H11BrF2N3O5PS. The van der Waals surface area contributed by atoms with Crippen molar-refractivity contribution in [3.05, 3.63) is 51.1 Å². The summed E-state index contributed by atoms with van der Waals surface area (Å²) in [7, 11) is -5.79. The molecule has 4 N–H and O–H groups in total. The fourth-order valence-electron chi connectivity index (χ4n) is 2.31. The number of aromatic hydroxyl groups is 1. The van der Waals surface area contributed by atoms with Crippen LogP contribution >= 0.6 is 34.9 Å². The highest BCUT2D eigenvalue weighted by molar-refractivity contribution is 9.10. The molecule has 0 atom stereocenters. The topological polar surface area (TPSA) is 133 Å². The molecule has 0 radical (unpaired) electrons. The van der Waals surface area contributed by atoms with Gasteiger partial charge in [-0.05, 0) is 40.2 Å². The highest BCUT2D eigenvalue weighted by atomic mass is 79.9. The quantitative estimate of drug-likeness (QED) is 0.400. The number of rotatable bonds is 5. The Balaban J connectivity index is 1.97. The van der Waals surface area contributed by atoms with E-state index in [-0.39, 0.29) is 26.7 Å². The molecule has 1 amide bonds. The summed E-state index contributed by atoms with van der Waals surface area (Å²) in [5.74, 6) is -1.08. The predicted octanol–water partition coefficient (Wildman–Crippen LogP) is 3.32. The van der Waals surface area contributed by atoms with Crippen LogP contribution in [0, 0.1) is 0 Å². The van der Waals surface area contributed by atoms with E-state index >= 15 is 0 Å². The second kappa shape index (κ2) is 7.45. The molecule has 2 aromatic heterocycles. The van der Waals surface area contributed by atoms with Crippen molar-refractivity contribution in [2.24, 2.45) is 0 Å². The van der Waals surface area contributed by atoms with Gasteiger partial charge < -0.3 is 20.2 Å². The highest BCUT2D eigenvalue weighted by Crippen LogP contribution is 2.63. The number of hydrogen-bond donors (Lipinski definition) is 4. The molecule has 2 heterocycles. The first-order valence-corrected chi connectivity index (χ1v) is 10.7. The van der Waals surface area contributed by atoms with Crippen LogP contribution in [0.2, 0.25) is 0 Å². The van der Waals surface area contributed by atoms with E-state index in [0.29, 0.717) is 17.0 Å². The van der Waals surface area contributed by atoms with Gasteiger partial charge in [0.2, 0.25) is 0 Å². The van der Waals surface area contributed by atoms with Crippen LogP contribution in [-0.4, -0.2) is 31.0 Å². The molecule has 0 saturated carbocycles. The van der Waals surface area contributed by atoms with Gasteiger partial charge in [-0.3, -0.25) is 9.36 Å². The third-order valence-corrected chi connectivity index (χ3v) is 7.16. The van der Waals surface area contributed by atoms with Gasteiger partial charge >= 0.3 is 13.3 Å². The van der Waals surface area contributed by atoms with Crippen LogP contribution in [0.15, 0.2) is 34.9 Å². The largest absolute Gasteiger partial charge is 0.506 e. The van der Waals surface area contributed by atoms with E-state index in [4.69, 9.17) is 9.79 Å². The average molecular weight is 494 g/mol. The van der Waals surface area contributed by atoms with E-state index in [0.717, 1.165) is 6.07 Å². The molecule has 0 aliphatic carbocycles. The van der Waals surface area contributed by atoms with E-state index < -0.39 is 29.8 Å². The minimum atomic E-state index is -5.79. The molecule has 0 aliphatic heterocycles. The molecular weight excluding hydrogens is 483 g/mol. The normalized spacial score (nSPS) is 12.3. The molecule has 1 aromatic carbocycles. The number of hydrogen-bond acceptors (Lipinski definition) is 6. The maximum atomic E-state index is 14.1. The lowest BCUT2D eigenvalue weighted by Gasteiger charge is -2.16. The molecule has 0 aliphatic rings. The van der Waals surface area contributed by atoms with Gasteiger partial charge in [-0.25, -0.2) is 0 Å². The molecule has 0 spiro atoms. The number of nitrogens with one attached hydrogen (secondary N) is 1. The van der Waals surface area contributed by atoms with Gasteiger partial charge in [0.05, 0.1) is 16.9 Å². The summed E-state index contributed by atoms with van der Waals surface area (Å²) in [4.78, 5) is 29.3. The Morgan fingerprint density at radius 1 is 1.36 bits per heavy atom. The van der Waals surface area contributed by atoms with Gasteiger partial charge in [-0.1, -0.05) is 0 Å². The number of alkyl halides is 2. The van der Waals surface area contributed by atoms with Crippen molar-refractivity contribution >= 4 is 50.9 Å². The smallest absolute Gasteiger partial charge is 0.400 e. The number of nitrogens with zero attached hydrogens (tertiary/aromatic N) is 2. The third kappa shape index (κ3) is 3.78. The number of aromatic nitrogens is 2. The minimum absolute atomic E-state index is 0.0257. The van der Waals surface area contributed by atoms with Crippen LogP contribution < -0.4 is 5.32 Å². The molecule has 3 aromatic rings. The lowest BCUT2D eigenvalue weighted by molar-refractivity contribution is 0.0595. The monoisotopic (exact) mass is 493 g/mol. The first kappa shape index (κ1) is 20.7. The van der Waals surface area contributed by atoms with E-state index in [1.807, 2.05) is 0 Å². The zero-order valence-electron chi connectivity index (χ0n) is 13.6. The van der Waals surface area contributed by atoms with Crippen LogP contribution in [0.5, 0.6) is 5.75 Å². The van der Waals surface area contributed by atoms with Crippen molar-refractivity contribution in [3.63, 3.8) is 0 Å². The molecule has 0 fully saturated rings. The Morgan fingerprint density at radius 2 is 2.07 bits per heavy atom. The highest BCUT2D eigenvalue weighted by Gasteiger charge is 2.53. The summed E-state index contributed by atoms with van der Waals surface area (Å²) < 4.78 is 39.0. The zero-order valence-corrected chi connectivity index (χ0v) is 16.9. The number of carbonyl (C=O) groups excluding carboxylic acids is 1. The summed E-state index contributed by atoms with van der Waals surface area (Å²) in [6, 6.07) is 5.59. The average Bonchev–Trinajstić information content (AvgIpc) is 2.97. The number of halogens is 3. The second-order valence-electron chi connectivity index (χ2n) is 5.60. The van der Waals surface area contributed by atoms with Crippen molar-refractivity contribution in [1.82, 2.24) is 15.5 Å². The van der Waals surface area contributed by atoms with Crippen molar-refractivity contribution in [2.45, 2.75) is 12.2 Å². The summed E-state index contributed by atoms with van der Waals surface area (Å²) in [6.07, 6.45) is 1.47. The summed E-state index contributed by atoms with van der Waals surface area (Å²) in [5, 5.41) is 20.2. The zero-order chi connectivity index (χ0) is 20.7. The van der Waals surface area contributed by atoms with E-state index in [2.05, 4.69) is 31.4 Å². The van der Waals surface area contributed by atoms with Gasteiger partial charge in [-0.15, -0.1) is 11.3 Å². The van der Waals surface area contributed by atoms with Gasteiger partial charge in [-0.2, -0.15) is 19.0 Å². The number of carbonyl (C=O) groups is 1. The molecule has 0 saturated heterocycles. The molecule has 8 nitrogen and oxygen atoms in total. The Labute approximate surface area is 168 Å². The number of benzene rings is 1. The van der Waals surface area contributed by atoms with Crippen LogP contribution in [0.25, 0.3) is 10.1 Å². The fourth-order valence-corrected chi connectivity index (χ4v) is 5.23. The fraction of sp³-hybridized carbons (Fsp3) is 0.133. The molecule has 148 valence electrons. The van der Waals surface area contributed by atoms with Crippen LogP contribution in [-0.2, 0) is 16.8 Å². The van der Waals surface area contributed by atoms with Crippen LogP contribution in [0.1, 0.15) is 20.9 Å². The summed E-state index contributed by atoms with van der Waals surface area (Å²) >= 11 is 3.23. The van der Waals surface area contributed by atoms with Crippen molar-refractivity contribution in [2.75, 3.05) is 0 Å². The Kier molecular flexibility index (Phi) is 5.52. The number of phenols is 1. The lowest BCUT2D eigenvalue weighted by Crippen LogP contribution is -2.23. The van der Waals surface area contributed by atoms with Crippen molar-refractivity contribution in [1.29, 1.82) is 0 Å². The van der Waals surface area contributed by atoms with E-state index in [1.54, 1.807) is 12.1 Å². The molecule has 0 bridgehead atoms. The van der Waals surface area contributed by atoms with Crippen LogP contribution in [0.4, 0.5) is 8.78 Å². The van der Waals surface area contributed by atoms with Crippen molar-refractivity contribution < 1.29 is 33.0 Å². The van der Waals surface area contributed by atoms with Crippen molar-refractivity contribution in [3.8, 4) is 5.75 Å². The second-order valence-corrected chi connectivity index (χ2v) is 9.06. The maximum absolute atomic E-state index is 14.1. The number of phenolic OH excluding ortho intramolecular Hbond substituents is 1. The molecule has 3 rings (SSSR count). The minimum Gasteiger partial charge on any atom is -0.506 e. The third-order valence-electron chi connectivity index (χ3n) is 3.67. The number of amides is 1. The Bertz CT molecular complexity index is 1110. The van der Waals surface area contributed by atoms with E-state index in [1.165, 1.54) is 12.3 Å².